The summed E-state index contributed by atoms with van der Waals surface area (Å²) in [5.74, 6) is -2.82. The van der Waals surface area contributed by atoms with Gasteiger partial charge in [-0.05, 0) is 86.0 Å². The van der Waals surface area contributed by atoms with E-state index in [1.54, 1.807) is 90.5 Å². The Labute approximate surface area is 335 Å². The van der Waals surface area contributed by atoms with E-state index in [0.29, 0.717) is 49.6 Å². The summed E-state index contributed by atoms with van der Waals surface area (Å²) in [5.41, 5.74) is 8.85. The maximum atomic E-state index is 12.3. The first-order chi connectivity index (χ1) is 26.7. The van der Waals surface area contributed by atoms with E-state index in [1.165, 1.54) is 5.56 Å². The van der Waals surface area contributed by atoms with Crippen LogP contribution in [0.3, 0.4) is 0 Å². The number of carboxylic acid groups (broad SMARTS) is 3. The molecule has 0 saturated heterocycles. The molecule has 5 aromatic carbocycles. The molecular weight excluding hydrogens is 753 g/mol. The van der Waals surface area contributed by atoms with E-state index in [4.69, 9.17) is 38.5 Å². The first kappa shape index (κ1) is 42.4. The molecule has 1 heterocycles. The van der Waals surface area contributed by atoms with Crippen LogP contribution in [0.4, 0.5) is 22.7 Å². The molecule has 0 unspecified atom stereocenters. The number of hydrogen-bond acceptors (Lipinski definition) is 6. The highest BCUT2D eigenvalue weighted by Gasteiger charge is 2.16. The van der Waals surface area contributed by atoms with Gasteiger partial charge in [-0.15, -0.1) is 0 Å². The van der Waals surface area contributed by atoms with Crippen LogP contribution in [-0.4, -0.2) is 43.6 Å². The maximum Gasteiger partial charge on any atom is 0.337 e. The standard InChI is InChI=1S/C15H15NO3.C15H15NO2.C14H11Cl2NO2/c1-10-3-5-11(6-4-10)15(19)13-8-7-12(16(13)2)9-14(17)18;1-10-6-5-9-13(11(10)2)16-14-8-4-3-7-12(14)15(17)18;15-10-5-3-6-11(16)14(10)17-12-7-2-1-4-9(12)8-13(18)19/h3-8H,9H2,1-2H3,(H,17,18);3-9,16H,1-2H3,(H,17,18);1-7,17H,8H2,(H,18,19). The third-order valence-electron chi connectivity index (χ3n) is 8.72. The van der Waals surface area contributed by atoms with Crippen LogP contribution in [0.15, 0.2) is 121 Å². The molecule has 6 rings (SSSR count). The van der Waals surface area contributed by atoms with Crippen molar-refractivity contribution in [3.8, 4) is 0 Å². The number of para-hydroxylation sites is 3. The molecule has 6 aromatic rings. The Morgan fingerprint density at radius 2 is 1.18 bits per heavy atom. The van der Waals surface area contributed by atoms with E-state index in [-0.39, 0.29) is 24.2 Å². The van der Waals surface area contributed by atoms with Crippen LogP contribution in [0.2, 0.25) is 10.0 Å². The number of aromatic carboxylic acids is 1. The van der Waals surface area contributed by atoms with Crippen LogP contribution in [0, 0.1) is 20.8 Å². The van der Waals surface area contributed by atoms with Crippen molar-refractivity contribution < 1.29 is 34.5 Å². The highest BCUT2D eigenvalue weighted by molar-refractivity contribution is 6.39. The molecule has 5 N–H and O–H groups in total. The van der Waals surface area contributed by atoms with E-state index < -0.39 is 17.9 Å². The van der Waals surface area contributed by atoms with Gasteiger partial charge < -0.3 is 30.5 Å². The van der Waals surface area contributed by atoms with Crippen molar-refractivity contribution in [3.05, 3.63) is 176 Å². The second-order valence-corrected chi connectivity index (χ2v) is 13.5. The molecule has 288 valence electrons. The van der Waals surface area contributed by atoms with Crippen molar-refractivity contribution in [3.63, 3.8) is 0 Å². The molecular formula is C44H41Cl2N3O7. The van der Waals surface area contributed by atoms with Crippen LogP contribution >= 0.6 is 23.2 Å². The minimum atomic E-state index is -0.927. The SMILES string of the molecule is Cc1ccc(C(=O)c2ccc(CC(=O)O)n2C)cc1.Cc1cccc(Nc2ccccc2C(=O)O)c1C.O=C(O)Cc1ccccc1Nc1c(Cl)cccc1Cl. The number of anilines is 4. The highest BCUT2D eigenvalue weighted by atomic mass is 35.5. The lowest BCUT2D eigenvalue weighted by Crippen LogP contribution is -2.11. The largest absolute Gasteiger partial charge is 0.481 e. The number of carboxylic acids is 3. The average Bonchev–Trinajstić information content (AvgIpc) is 3.51. The van der Waals surface area contributed by atoms with Gasteiger partial charge in [-0.25, -0.2) is 4.79 Å². The molecule has 0 bridgehead atoms. The number of halogens is 2. The van der Waals surface area contributed by atoms with Crippen molar-refractivity contribution >= 4 is 69.6 Å². The molecule has 1 aromatic heterocycles. The Hall–Kier alpha value is -6.36. The number of carbonyl (C=O) groups excluding carboxylic acids is 1. The molecule has 0 aliphatic rings. The number of ketones is 1. The van der Waals surface area contributed by atoms with Gasteiger partial charge in [0.15, 0.2) is 0 Å². The topological polar surface area (TPSA) is 158 Å². The quantitative estimate of drug-likeness (QED) is 0.0805. The molecule has 0 aliphatic heterocycles. The lowest BCUT2D eigenvalue weighted by atomic mass is 10.1. The zero-order valence-electron chi connectivity index (χ0n) is 31.1. The maximum absolute atomic E-state index is 12.3. The summed E-state index contributed by atoms with van der Waals surface area (Å²) in [5, 5.41) is 34.0. The van der Waals surface area contributed by atoms with Crippen LogP contribution < -0.4 is 10.6 Å². The minimum absolute atomic E-state index is 0.0642. The van der Waals surface area contributed by atoms with Gasteiger partial charge in [-0.3, -0.25) is 14.4 Å². The van der Waals surface area contributed by atoms with Gasteiger partial charge in [0.05, 0.1) is 45.5 Å². The summed E-state index contributed by atoms with van der Waals surface area (Å²) in [6.07, 6.45) is -0.150. The fraction of sp³-hybridized carbons (Fsp3) is 0.136. The first-order valence-corrected chi connectivity index (χ1v) is 18.1. The second kappa shape index (κ2) is 19.8. The smallest absolute Gasteiger partial charge is 0.337 e. The third-order valence-corrected chi connectivity index (χ3v) is 9.35. The number of benzene rings is 5. The summed E-state index contributed by atoms with van der Waals surface area (Å²) in [6, 6.07) is 35.8. The van der Waals surface area contributed by atoms with Gasteiger partial charge in [0.2, 0.25) is 5.78 Å². The Morgan fingerprint density at radius 3 is 1.80 bits per heavy atom. The molecule has 56 heavy (non-hydrogen) atoms. The monoisotopic (exact) mass is 793 g/mol. The van der Waals surface area contributed by atoms with E-state index in [9.17, 15) is 19.2 Å². The second-order valence-electron chi connectivity index (χ2n) is 12.7. The Balaban J connectivity index is 0.000000187. The van der Waals surface area contributed by atoms with Gasteiger partial charge in [-0.1, -0.05) is 102 Å². The van der Waals surface area contributed by atoms with Crippen molar-refractivity contribution in [2.45, 2.75) is 33.6 Å². The van der Waals surface area contributed by atoms with Crippen LogP contribution in [0.1, 0.15) is 54.4 Å². The predicted octanol–water partition coefficient (Wildman–Crippen LogP) is 10.3. The zero-order chi connectivity index (χ0) is 40.9. The molecule has 0 atom stereocenters. The van der Waals surface area contributed by atoms with Crippen molar-refractivity contribution in [1.82, 2.24) is 4.57 Å². The van der Waals surface area contributed by atoms with Crippen LogP contribution in [0.25, 0.3) is 0 Å². The molecule has 0 aliphatic carbocycles. The van der Waals surface area contributed by atoms with E-state index in [0.717, 1.165) is 16.8 Å². The summed E-state index contributed by atoms with van der Waals surface area (Å²) >= 11 is 12.1. The van der Waals surface area contributed by atoms with Crippen LogP contribution in [-0.2, 0) is 29.5 Å². The van der Waals surface area contributed by atoms with Gasteiger partial charge in [0.1, 0.15) is 0 Å². The summed E-state index contributed by atoms with van der Waals surface area (Å²) in [6.45, 7) is 6.01. The van der Waals surface area contributed by atoms with Crippen LogP contribution in [0.5, 0.6) is 0 Å². The van der Waals surface area contributed by atoms with Crippen molar-refractivity contribution in [2.24, 2.45) is 7.05 Å². The summed E-state index contributed by atoms with van der Waals surface area (Å²) in [7, 11) is 1.71. The summed E-state index contributed by atoms with van der Waals surface area (Å²) in [4.78, 5) is 45.0. The fourth-order valence-electron chi connectivity index (χ4n) is 5.49. The van der Waals surface area contributed by atoms with E-state index in [1.807, 2.05) is 63.2 Å². The first-order valence-electron chi connectivity index (χ1n) is 17.3. The molecule has 0 fully saturated rings. The van der Waals surface area contributed by atoms with Gasteiger partial charge in [0.25, 0.3) is 0 Å². The third kappa shape index (κ3) is 11.6. The molecule has 0 spiro atoms. The number of aryl methyl sites for hydroxylation is 2. The Bertz CT molecular complexity index is 2330. The number of nitrogens with zero attached hydrogens (tertiary/aromatic N) is 1. The van der Waals surface area contributed by atoms with Crippen molar-refractivity contribution in [2.75, 3.05) is 10.6 Å². The molecule has 0 radical (unpaired) electrons. The number of hydrogen-bond donors (Lipinski definition) is 5. The average molecular weight is 795 g/mol. The fourth-order valence-corrected chi connectivity index (χ4v) is 5.98. The number of rotatable bonds is 11. The highest BCUT2D eigenvalue weighted by Crippen LogP contribution is 2.33. The molecule has 12 heteroatoms. The number of carbonyl (C=O) groups is 4. The molecule has 0 amide bonds. The predicted molar refractivity (Wildman–Crippen MR) is 221 cm³/mol. The summed E-state index contributed by atoms with van der Waals surface area (Å²) < 4.78 is 1.64. The normalized spacial score (nSPS) is 10.2. The van der Waals surface area contributed by atoms with E-state index in [2.05, 4.69) is 10.6 Å². The lowest BCUT2D eigenvalue weighted by molar-refractivity contribution is -0.137. The van der Waals surface area contributed by atoms with Gasteiger partial charge in [0, 0.05) is 29.7 Å². The Kier molecular flexibility index (Phi) is 15.0. The number of nitrogens with one attached hydrogen (secondary N) is 2. The van der Waals surface area contributed by atoms with Gasteiger partial charge in [-0.2, -0.15) is 0 Å². The molecule has 0 saturated carbocycles. The number of aliphatic carboxylic acids is 2. The van der Waals surface area contributed by atoms with Gasteiger partial charge >= 0.3 is 17.9 Å². The Morgan fingerprint density at radius 1 is 0.607 bits per heavy atom. The van der Waals surface area contributed by atoms with Crippen molar-refractivity contribution in [1.29, 1.82) is 0 Å². The number of aromatic nitrogens is 1. The van der Waals surface area contributed by atoms with E-state index >= 15 is 0 Å². The minimum Gasteiger partial charge on any atom is -0.481 e. The molecule has 10 nitrogen and oxygen atoms in total. The lowest BCUT2D eigenvalue weighted by Gasteiger charge is -2.13. The zero-order valence-corrected chi connectivity index (χ0v) is 32.7.